The molecule has 0 aromatic rings. The summed E-state index contributed by atoms with van der Waals surface area (Å²) in [6, 6.07) is 0. The zero-order valence-corrected chi connectivity index (χ0v) is 17.7. The summed E-state index contributed by atoms with van der Waals surface area (Å²) in [4.78, 5) is 11.9. The molecule has 8 atom stereocenters. The van der Waals surface area contributed by atoms with Crippen molar-refractivity contribution in [2.24, 2.45) is 40.9 Å². The van der Waals surface area contributed by atoms with Gasteiger partial charge in [0.15, 0.2) is 5.78 Å². The largest absolute Gasteiger partial charge is 0.373 e. The van der Waals surface area contributed by atoms with Crippen LogP contribution < -0.4 is 0 Å². The molecule has 0 radical (unpaired) electrons. The first-order valence-electron chi connectivity index (χ1n) is 12.2. The zero-order chi connectivity index (χ0) is 19.3. The molecule has 0 heterocycles. The number of fused-ring (bicyclic) bond motifs is 7. The highest BCUT2D eigenvalue weighted by Gasteiger charge is 2.70. The second-order valence-corrected chi connectivity index (χ2v) is 10.5. The number of ketones is 1. The fourth-order valence-corrected chi connectivity index (χ4v) is 7.92. The van der Waals surface area contributed by atoms with Crippen LogP contribution in [-0.2, 0) is 9.53 Å². The lowest BCUT2D eigenvalue weighted by Crippen LogP contribution is -2.51. The van der Waals surface area contributed by atoms with Crippen molar-refractivity contribution >= 4 is 5.78 Å². The normalized spacial score (nSPS) is 47.4. The Balaban J connectivity index is 0.000000522. The van der Waals surface area contributed by atoms with Crippen molar-refractivity contribution in [2.75, 3.05) is 6.61 Å². The van der Waals surface area contributed by atoms with Crippen LogP contribution in [0.2, 0.25) is 0 Å². The van der Waals surface area contributed by atoms with Gasteiger partial charge in [0.1, 0.15) is 0 Å². The number of hydrogen-bond donors (Lipinski definition) is 0. The summed E-state index contributed by atoms with van der Waals surface area (Å²) in [6.45, 7) is 7.00. The maximum atomic E-state index is 11.9. The third-order valence-electron chi connectivity index (χ3n) is 9.14. The Kier molecular flexibility index (Phi) is 5.06. The lowest BCUT2D eigenvalue weighted by molar-refractivity contribution is -0.118. The van der Waals surface area contributed by atoms with E-state index >= 15 is 0 Å². The van der Waals surface area contributed by atoms with Crippen molar-refractivity contribution in [3.63, 3.8) is 0 Å². The Hall–Kier alpha value is -0.890. The van der Waals surface area contributed by atoms with Crippen molar-refractivity contribution in [3.8, 4) is 0 Å². The van der Waals surface area contributed by atoms with Gasteiger partial charge < -0.3 is 4.74 Å². The van der Waals surface area contributed by atoms with Crippen molar-refractivity contribution in [1.82, 2.24) is 0 Å². The molecule has 6 rings (SSSR count). The van der Waals surface area contributed by atoms with Gasteiger partial charge in [-0.25, -0.2) is 0 Å². The molecule has 0 aromatic carbocycles. The number of ether oxygens (including phenoxy) is 1. The Labute approximate surface area is 171 Å². The average molecular weight is 383 g/mol. The molecule has 2 heteroatoms. The molecule has 2 nitrogen and oxygen atoms in total. The number of allylic oxidation sites excluding steroid dienone is 1. The van der Waals surface area contributed by atoms with E-state index in [9.17, 15) is 4.79 Å². The molecule has 5 fully saturated rings. The molecule has 8 unspecified atom stereocenters. The molecular weight excluding hydrogens is 344 g/mol. The summed E-state index contributed by atoms with van der Waals surface area (Å²) in [5.74, 6) is 5.47. The third-order valence-corrected chi connectivity index (χ3v) is 9.14. The Morgan fingerprint density at radius 2 is 1.93 bits per heavy atom. The van der Waals surface area contributed by atoms with Gasteiger partial charge in [0.25, 0.3) is 0 Å². The van der Waals surface area contributed by atoms with Crippen LogP contribution in [0.15, 0.2) is 24.3 Å². The zero-order valence-electron chi connectivity index (χ0n) is 17.7. The van der Waals surface area contributed by atoms with E-state index in [0.717, 1.165) is 48.3 Å². The van der Waals surface area contributed by atoms with Crippen LogP contribution >= 0.6 is 0 Å². The van der Waals surface area contributed by atoms with Gasteiger partial charge >= 0.3 is 0 Å². The molecule has 6 aliphatic rings. The maximum absolute atomic E-state index is 11.9. The topological polar surface area (TPSA) is 26.3 Å². The minimum atomic E-state index is 0.379. The highest BCUT2D eigenvalue weighted by molar-refractivity contribution is 5.91. The van der Waals surface area contributed by atoms with Crippen LogP contribution in [0, 0.1) is 40.9 Å². The predicted octanol–water partition coefficient (Wildman–Crippen LogP) is 6.12. The minimum Gasteiger partial charge on any atom is -0.373 e. The Morgan fingerprint density at radius 1 is 1.11 bits per heavy atom. The molecule has 5 saturated carbocycles. The van der Waals surface area contributed by atoms with E-state index in [4.69, 9.17) is 4.74 Å². The lowest BCUT2D eigenvalue weighted by Gasteiger charge is -2.56. The molecule has 0 amide bonds. The molecule has 0 bridgehead atoms. The summed E-state index contributed by atoms with van der Waals surface area (Å²) in [5.41, 5.74) is 1.94. The smallest absolute Gasteiger partial charge is 0.155 e. The molecule has 0 aromatic heterocycles. The number of carbonyl (C=O) groups excluding carboxylic acids is 1. The van der Waals surface area contributed by atoms with E-state index in [1.165, 1.54) is 63.4 Å². The maximum Gasteiger partial charge on any atom is 0.155 e. The summed E-state index contributed by atoms with van der Waals surface area (Å²) >= 11 is 0. The summed E-state index contributed by atoms with van der Waals surface area (Å²) in [7, 11) is 0. The monoisotopic (exact) mass is 382 g/mol. The molecule has 0 saturated heterocycles. The van der Waals surface area contributed by atoms with Crippen LogP contribution in [-0.4, -0.2) is 18.5 Å². The van der Waals surface area contributed by atoms with E-state index in [-0.39, 0.29) is 0 Å². The fraction of sp³-hybridized carbons (Fsp3) is 0.808. The molecule has 28 heavy (non-hydrogen) atoms. The van der Waals surface area contributed by atoms with E-state index in [0.29, 0.717) is 23.9 Å². The molecule has 0 spiro atoms. The van der Waals surface area contributed by atoms with Gasteiger partial charge in [0.05, 0.1) is 12.7 Å². The molecule has 6 aliphatic carbocycles. The third kappa shape index (κ3) is 3.06. The van der Waals surface area contributed by atoms with Crippen molar-refractivity contribution in [2.45, 2.75) is 83.7 Å². The van der Waals surface area contributed by atoms with Gasteiger partial charge in [-0.1, -0.05) is 37.8 Å². The highest BCUT2D eigenvalue weighted by Crippen LogP contribution is 2.73. The fourth-order valence-electron chi connectivity index (χ4n) is 7.92. The van der Waals surface area contributed by atoms with Gasteiger partial charge in [-0.15, -0.1) is 6.58 Å². The standard InChI is InChI=1S/C23H32O2.C3H6/c1-3-11-25-22-20-13-19(20)21-18-7-5-14-12-15(24)6-8-16(14)17(18)9-10-23(21,22)4-2;1-2-3-1/h3,12,16-22H,1,4-11,13H2,2H3;1-3H2. The quantitative estimate of drug-likeness (QED) is 0.548. The summed E-state index contributed by atoms with van der Waals surface area (Å²) in [5, 5.41) is 0. The minimum absolute atomic E-state index is 0.379. The van der Waals surface area contributed by atoms with Gasteiger partial charge in [0.2, 0.25) is 0 Å². The molecule has 0 N–H and O–H groups in total. The van der Waals surface area contributed by atoms with Crippen LogP contribution in [0.5, 0.6) is 0 Å². The average Bonchev–Trinajstić information content (AvgIpc) is 3.62. The van der Waals surface area contributed by atoms with E-state index in [1.807, 2.05) is 12.2 Å². The Morgan fingerprint density at radius 3 is 2.64 bits per heavy atom. The van der Waals surface area contributed by atoms with Crippen LogP contribution in [0.1, 0.15) is 77.6 Å². The van der Waals surface area contributed by atoms with E-state index in [1.54, 1.807) is 0 Å². The summed E-state index contributed by atoms with van der Waals surface area (Å²) < 4.78 is 6.40. The van der Waals surface area contributed by atoms with Gasteiger partial charge in [-0.2, -0.15) is 0 Å². The Bertz CT molecular complexity index is 659. The first kappa shape index (κ1) is 19.1. The summed E-state index contributed by atoms with van der Waals surface area (Å²) in [6.07, 6.45) is 18.8. The van der Waals surface area contributed by atoms with E-state index in [2.05, 4.69) is 13.5 Å². The first-order valence-corrected chi connectivity index (χ1v) is 12.2. The SMILES string of the molecule is C1CC1.C=CCOC1C2CC2C2C3CCC4=CC(=O)CCC4C3CCC12CC. The highest BCUT2D eigenvalue weighted by atomic mass is 16.5. The molecule has 0 aliphatic heterocycles. The van der Waals surface area contributed by atoms with Gasteiger partial charge in [-0.05, 0) is 91.9 Å². The number of rotatable bonds is 4. The predicted molar refractivity (Wildman–Crippen MR) is 113 cm³/mol. The number of hydrogen-bond acceptors (Lipinski definition) is 2. The number of carbonyl (C=O) groups is 1. The van der Waals surface area contributed by atoms with Crippen LogP contribution in [0.3, 0.4) is 0 Å². The van der Waals surface area contributed by atoms with Gasteiger partial charge in [-0.3, -0.25) is 4.79 Å². The molecule has 154 valence electrons. The van der Waals surface area contributed by atoms with E-state index < -0.39 is 0 Å². The van der Waals surface area contributed by atoms with Crippen LogP contribution in [0.4, 0.5) is 0 Å². The van der Waals surface area contributed by atoms with Crippen LogP contribution in [0.25, 0.3) is 0 Å². The lowest BCUT2D eigenvalue weighted by atomic mass is 9.50. The van der Waals surface area contributed by atoms with Crippen molar-refractivity contribution < 1.29 is 9.53 Å². The van der Waals surface area contributed by atoms with Crippen molar-refractivity contribution in [3.05, 3.63) is 24.3 Å². The second kappa shape index (κ2) is 7.42. The molecular formula is C26H38O2. The van der Waals surface area contributed by atoms with Crippen molar-refractivity contribution in [1.29, 1.82) is 0 Å². The second-order valence-electron chi connectivity index (χ2n) is 10.5. The van der Waals surface area contributed by atoms with Gasteiger partial charge in [0, 0.05) is 6.42 Å². The first-order chi connectivity index (χ1) is 13.7.